The predicted molar refractivity (Wildman–Crippen MR) is 68.8 cm³/mol. The molecule has 2 heterocycles. The van der Waals surface area contributed by atoms with Gasteiger partial charge in [0.2, 0.25) is 0 Å². The Kier molecular flexibility index (Phi) is 3.69. The quantitative estimate of drug-likeness (QED) is 0.735. The van der Waals surface area contributed by atoms with Gasteiger partial charge in [-0.25, -0.2) is 0 Å². The summed E-state index contributed by atoms with van der Waals surface area (Å²) in [6.07, 6.45) is 2.24. The fourth-order valence-electron chi connectivity index (χ4n) is 2.80. The molecule has 0 aliphatic carbocycles. The molecule has 0 aromatic heterocycles. The lowest BCUT2D eigenvalue weighted by Crippen LogP contribution is -2.37. The number of nitrogens with zero attached hydrogens (tertiary/aromatic N) is 2. The van der Waals surface area contributed by atoms with Gasteiger partial charge in [-0.1, -0.05) is 6.92 Å². The number of allylic oxidation sites excluding steroid dienone is 3. The van der Waals surface area contributed by atoms with Crippen LogP contribution in [-0.2, 0) is 0 Å². The van der Waals surface area contributed by atoms with E-state index >= 15 is 0 Å². The average molecular weight is 242 g/mol. The van der Waals surface area contributed by atoms with Gasteiger partial charge in [-0.2, -0.15) is 10.5 Å². The molecule has 0 saturated carbocycles. The van der Waals surface area contributed by atoms with E-state index in [0.717, 1.165) is 42.9 Å². The summed E-state index contributed by atoms with van der Waals surface area (Å²) < 4.78 is 0. The van der Waals surface area contributed by atoms with E-state index in [1.165, 1.54) is 0 Å². The molecule has 0 bridgehead atoms. The first-order valence-electron chi connectivity index (χ1n) is 6.41. The molecular weight excluding hydrogens is 224 g/mol. The van der Waals surface area contributed by atoms with Crippen LogP contribution in [0.1, 0.15) is 26.7 Å². The zero-order valence-electron chi connectivity index (χ0n) is 10.9. The van der Waals surface area contributed by atoms with E-state index in [4.69, 9.17) is 5.26 Å². The van der Waals surface area contributed by atoms with Gasteiger partial charge >= 0.3 is 0 Å². The smallest absolute Gasteiger partial charge is 0.0972 e. The van der Waals surface area contributed by atoms with Crippen LogP contribution in [0.3, 0.4) is 0 Å². The number of nitriles is 2. The van der Waals surface area contributed by atoms with E-state index in [0.29, 0.717) is 11.5 Å². The lowest BCUT2D eigenvalue weighted by molar-refractivity contribution is 0.403. The number of rotatable bonds is 1. The minimum Gasteiger partial charge on any atom is -0.361 e. The van der Waals surface area contributed by atoms with Crippen molar-refractivity contribution in [1.29, 1.82) is 10.5 Å². The molecule has 1 saturated heterocycles. The molecule has 2 rings (SSSR count). The Morgan fingerprint density at radius 2 is 1.94 bits per heavy atom. The number of hydrogen-bond donors (Lipinski definition) is 2. The maximum atomic E-state index is 9.36. The minimum absolute atomic E-state index is 0.0850. The topological polar surface area (TPSA) is 71.6 Å². The average Bonchev–Trinajstić information content (AvgIpc) is 2.39. The van der Waals surface area contributed by atoms with Crippen molar-refractivity contribution in [2.45, 2.75) is 26.7 Å². The van der Waals surface area contributed by atoms with Crippen molar-refractivity contribution < 1.29 is 0 Å². The largest absolute Gasteiger partial charge is 0.361 e. The van der Waals surface area contributed by atoms with Crippen LogP contribution in [0.4, 0.5) is 0 Å². The highest BCUT2D eigenvalue weighted by molar-refractivity contribution is 5.47. The predicted octanol–water partition coefficient (Wildman–Crippen LogP) is 1.80. The third kappa shape index (κ3) is 2.12. The Hall–Kier alpha value is -1.78. The Bertz CT molecular complexity index is 481. The molecule has 1 unspecified atom stereocenters. The standard InChI is InChI=1S/C14H18N4/c1-9-12(6-15)10(2)18-14(13(9)7-16)11-4-3-5-17-8-11/h9,11,17-18H,3-5,8H2,1-2H3/t9-,11?/m1/s1. The van der Waals surface area contributed by atoms with Gasteiger partial charge in [0.05, 0.1) is 23.3 Å². The zero-order chi connectivity index (χ0) is 13.1. The van der Waals surface area contributed by atoms with Gasteiger partial charge in [0, 0.05) is 29.8 Å². The second kappa shape index (κ2) is 5.25. The van der Waals surface area contributed by atoms with Gasteiger partial charge in [0.25, 0.3) is 0 Å². The van der Waals surface area contributed by atoms with Gasteiger partial charge in [0.1, 0.15) is 0 Å². The van der Waals surface area contributed by atoms with Gasteiger partial charge in [-0.15, -0.1) is 0 Å². The SMILES string of the molecule is CC1=C(C#N)[C@@H](C)C(C#N)=C(C2CCCNC2)N1. The molecule has 2 aliphatic heterocycles. The second-order valence-electron chi connectivity index (χ2n) is 4.98. The summed E-state index contributed by atoms with van der Waals surface area (Å²) in [5.41, 5.74) is 3.32. The van der Waals surface area contributed by atoms with Crippen LogP contribution in [-0.4, -0.2) is 13.1 Å². The van der Waals surface area contributed by atoms with Crippen molar-refractivity contribution in [3.05, 3.63) is 22.5 Å². The summed E-state index contributed by atoms with van der Waals surface area (Å²) in [6, 6.07) is 4.50. The Morgan fingerprint density at radius 3 is 2.50 bits per heavy atom. The third-order valence-corrected chi connectivity index (χ3v) is 3.83. The molecular formula is C14H18N4. The highest BCUT2D eigenvalue weighted by Crippen LogP contribution is 2.33. The van der Waals surface area contributed by atoms with Gasteiger partial charge < -0.3 is 10.6 Å². The summed E-state index contributed by atoms with van der Waals surface area (Å²) in [7, 11) is 0. The van der Waals surface area contributed by atoms with E-state index in [1.54, 1.807) is 0 Å². The van der Waals surface area contributed by atoms with Crippen LogP contribution >= 0.6 is 0 Å². The molecule has 94 valence electrons. The van der Waals surface area contributed by atoms with Crippen LogP contribution in [0.5, 0.6) is 0 Å². The number of dihydropyridines is 1. The summed E-state index contributed by atoms with van der Waals surface area (Å²) >= 11 is 0. The van der Waals surface area contributed by atoms with Crippen LogP contribution < -0.4 is 10.6 Å². The normalized spacial score (nSPS) is 28.4. The first kappa shape index (κ1) is 12.7. The van der Waals surface area contributed by atoms with E-state index in [9.17, 15) is 5.26 Å². The molecule has 2 N–H and O–H groups in total. The van der Waals surface area contributed by atoms with E-state index in [-0.39, 0.29) is 5.92 Å². The third-order valence-electron chi connectivity index (χ3n) is 3.83. The fraction of sp³-hybridized carbons (Fsp3) is 0.571. The van der Waals surface area contributed by atoms with Crippen LogP contribution in [0.15, 0.2) is 22.5 Å². The first-order chi connectivity index (χ1) is 8.69. The molecule has 2 aliphatic rings. The van der Waals surface area contributed by atoms with E-state index in [2.05, 4.69) is 22.8 Å². The van der Waals surface area contributed by atoms with Crippen molar-refractivity contribution >= 4 is 0 Å². The monoisotopic (exact) mass is 242 g/mol. The van der Waals surface area contributed by atoms with Crippen molar-refractivity contribution in [2.24, 2.45) is 11.8 Å². The molecule has 0 amide bonds. The van der Waals surface area contributed by atoms with E-state index in [1.807, 2.05) is 13.8 Å². The molecule has 0 aromatic rings. The minimum atomic E-state index is -0.0850. The Balaban J connectivity index is 2.34. The Morgan fingerprint density at radius 1 is 1.22 bits per heavy atom. The van der Waals surface area contributed by atoms with Crippen molar-refractivity contribution in [3.63, 3.8) is 0 Å². The summed E-state index contributed by atoms with van der Waals surface area (Å²) in [6.45, 7) is 5.83. The van der Waals surface area contributed by atoms with Gasteiger partial charge in [-0.05, 0) is 26.3 Å². The van der Waals surface area contributed by atoms with Crippen LogP contribution in [0.2, 0.25) is 0 Å². The van der Waals surface area contributed by atoms with Crippen LogP contribution in [0.25, 0.3) is 0 Å². The van der Waals surface area contributed by atoms with Crippen molar-refractivity contribution in [2.75, 3.05) is 13.1 Å². The van der Waals surface area contributed by atoms with Gasteiger partial charge in [0.15, 0.2) is 0 Å². The molecule has 0 radical (unpaired) electrons. The fourth-order valence-corrected chi connectivity index (χ4v) is 2.80. The lowest BCUT2D eigenvalue weighted by atomic mass is 9.83. The molecule has 1 fully saturated rings. The van der Waals surface area contributed by atoms with E-state index < -0.39 is 0 Å². The van der Waals surface area contributed by atoms with Crippen molar-refractivity contribution in [1.82, 2.24) is 10.6 Å². The number of piperidine rings is 1. The molecule has 18 heavy (non-hydrogen) atoms. The summed E-state index contributed by atoms with van der Waals surface area (Å²) in [5, 5.41) is 25.2. The highest BCUT2D eigenvalue weighted by Gasteiger charge is 2.30. The number of hydrogen-bond acceptors (Lipinski definition) is 4. The van der Waals surface area contributed by atoms with Crippen molar-refractivity contribution in [3.8, 4) is 12.1 Å². The second-order valence-corrected chi connectivity index (χ2v) is 4.98. The molecule has 2 atom stereocenters. The highest BCUT2D eigenvalue weighted by atomic mass is 15.0. The Labute approximate surface area is 108 Å². The van der Waals surface area contributed by atoms with Gasteiger partial charge in [-0.3, -0.25) is 0 Å². The molecule has 0 aromatic carbocycles. The van der Waals surface area contributed by atoms with Crippen LogP contribution in [0, 0.1) is 34.5 Å². The first-order valence-corrected chi connectivity index (χ1v) is 6.41. The maximum Gasteiger partial charge on any atom is 0.0972 e. The summed E-state index contributed by atoms with van der Waals surface area (Å²) in [4.78, 5) is 0. The maximum absolute atomic E-state index is 9.36. The lowest BCUT2D eigenvalue weighted by Gasteiger charge is -2.32. The molecule has 4 nitrogen and oxygen atoms in total. The number of nitrogens with one attached hydrogen (secondary N) is 2. The summed E-state index contributed by atoms with van der Waals surface area (Å²) in [5.74, 6) is 0.282. The zero-order valence-corrected chi connectivity index (χ0v) is 10.9. The molecule has 0 spiro atoms. The molecule has 4 heteroatoms.